The van der Waals surface area contributed by atoms with Crippen LogP contribution in [0.3, 0.4) is 0 Å². The van der Waals surface area contributed by atoms with Gasteiger partial charge in [-0.3, -0.25) is 0 Å². The number of benzene rings is 1. The maximum Gasteiger partial charge on any atom is 0.129 e. The molecule has 84 valence electrons. The third-order valence-electron chi connectivity index (χ3n) is 2.48. The standard InChI is InChI=1S/C12H17BrO2/c1-7-6-9(13)8(2)11(15-5)10(7)12(3,4)14/h6,14H,1-5H3. The maximum absolute atomic E-state index is 10.1. The smallest absolute Gasteiger partial charge is 0.129 e. The molecule has 1 rings (SSSR count). The lowest BCUT2D eigenvalue weighted by Gasteiger charge is -2.25. The van der Waals surface area contributed by atoms with Gasteiger partial charge in [0.15, 0.2) is 0 Å². The molecule has 3 heteroatoms. The van der Waals surface area contributed by atoms with Crippen LogP contribution >= 0.6 is 15.9 Å². The van der Waals surface area contributed by atoms with Gasteiger partial charge in [0.2, 0.25) is 0 Å². The summed E-state index contributed by atoms with van der Waals surface area (Å²) in [6.45, 7) is 7.48. The van der Waals surface area contributed by atoms with Gasteiger partial charge in [0.1, 0.15) is 5.75 Å². The van der Waals surface area contributed by atoms with E-state index in [9.17, 15) is 5.11 Å². The highest BCUT2D eigenvalue weighted by molar-refractivity contribution is 9.10. The molecule has 0 aliphatic rings. The number of ether oxygens (including phenoxy) is 1. The Labute approximate surface area is 99.4 Å². The number of rotatable bonds is 2. The van der Waals surface area contributed by atoms with Crippen LogP contribution in [0.4, 0.5) is 0 Å². The third-order valence-corrected chi connectivity index (χ3v) is 3.30. The largest absolute Gasteiger partial charge is 0.496 e. The SMILES string of the molecule is COc1c(C)c(Br)cc(C)c1C(C)(C)O. The van der Waals surface area contributed by atoms with Crippen LogP contribution in [0.1, 0.15) is 30.5 Å². The van der Waals surface area contributed by atoms with Crippen molar-refractivity contribution in [2.75, 3.05) is 7.11 Å². The van der Waals surface area contributed by atoms with Crippen molar-refractivity contribution in [1.82, 2.24) is 0 Å². The van der Waals surface area contributed by atoms with Gasteiger partial charge in [-0.2, -0.15) is 0 Å². The van der Waals surface area contributed by atoms with E-state index in [0.29, 0.717) is 0 Å². The molecule has 0 spiro atoms. The van der Waals surface area contributed by atoms with Crippen LogP contribution in [0.2, 0.25) is 0 Å². The normalized spacial score (nSPS) is 11.7. The number of methoxy groups -OCH3 is 1. The van der Waals surface area contributed by atoms with Crippen molar-refractivity contribution >= 4 is 15.9 Å². The van der Waals surface area contributed by atoms with Crippen LogP contribution in [0.15, 0.2) is 10.5 Å². The second-order valence-corrected chi connectivity index (χ2v) is 5.12. The predicted octanol–water partition coefficient (Wildman–Crippen LogP) is 3.30. The number of hydrogen-bond donors (Lipinski definition) is 1. The van der Waals surface area contributed by atoms with Crippen molar-refractivity contribution in [2.45, 2.75) is 33.3 Å². The summed E-state index contributed by atoms with van der Waals surface area (Å²) in [4.78, 5) is 0. The first-order valence-corrected chi connectivity index (χ1v) is 5.65. The quantitative estimate of drug-likeness (QED) is 0.895. The summed E-state index contributed by atoms with van der Waals surface area (Å²) in [7, 11) is 1.63. The van der Waals surface area contributed by atoms with E-state index in [1.165, 1.54) is 0 Å². The van der Waals surface area contributed by atoms with E-state index in [0.717, 1.165) is 26.9 Å². The van der Waals surface area contributed by atoms with Crippen LogP contribution in [0.25, 0.3) is 0 Å². The van der Waals surface area contributed by atoms with E-state index < -0.39 is 5.60 Å². The second kappa shape index (κ2) is 4.14. The fraction of sp³-hybridized carbons (Fsp3) is 0.500. The minimum absolute atomic E-state index is 0.759. The molecule has 0 fully saturated rings. The van der Waals surface area contributed by atoms with Crippen molar-refractivity contribution in [2.24, 2.45) is 0 Å². The first-order valence-electron chi connectivity index (χ1n) is 4.85. The molecular formula is C12H17BrO2. The van der Waals surface area contributed by atoms with Gasteiger partial charge < -0.3 is 9.84 Å². The molecule has 0 saturated carbocycles. The molecule has 1 N–H and O–H groups in total. The van der Waals surface area contributed by atoms with E-state index in [2.05, 4.69) is 15.9 Å². The fourth-order valence-corrected chi connectivity index (χ4v) is 2.38. The zero-order valence-corrected chi connectivity index (χ0v) is 11.4. The van der Waals surface area contributed by atoms with Crippen molar-refractivity contribution in [1.29, 1.82) is 0 Å². The first kappa shape index (κ1) is 12.5. The van der Waals surface area contributed by atoms with Crippen molar-refractivity contribution in [3.05, 3.63) is 27.2 Å². The molecule has 0 atom stereocenters. The Kier molecular flexibility index (Phi) is 3.46. The average molecular weight is 273 g/mol. The molecule has 0 unspecified atom stereocenters. The van der Waals surface area contributed by atoms with E-state index >= 15 is 0 Å². The monoisotopic (exact) mass is 272 g/mol. The molecule has 0 aromatic heterocycles. The number of aryl methyl sites for hydroxylation is 1. The Morgan fingerprint density at radius 3 is 2.27 bits per heavy atom. The van der Waals surface area contributed by atoms with Gasteiger partial charge in [0.25, 0.3) is 0 Å². The number of halogens is 1. The van der Waals surface area contributed by atoms with Gasteiger partial charge in [-0.1, -0.05) is 15.9 Å². The van der Waals surface area contributed by atoms with Crippen LogP contribution < -0.4 is 4.74 Å². The van der Waals surface area contributed by atoms with E-state index in [1.807, 2.05) is 19.9 Å². The molecule has 1 aromatic rings. The topological polar surface area (TPSA) is 29.5 Å². The lowest BCUT2D eigenvalue weighted by atomic mass is 9.91. The Balaban J connectivity index is 3.57. The van der Waals surface area contributed by atoms with Gasteiger partial charge in [-0.15, -0.1) is 0 Å². The summed E-state index contributed by atoms with van der Waals surface area (Å²) >= 11 is 3.48. The molecular weight excluding hydrogens is 256 g/mol. The lowest BCUT2D eigenvalue weighted by molar-refractivity contribution is 0.0748. The van der Waals surface area contributed by atoms with Crippen molar-refractivity contribution in [3.8, 4) is 5.75 Å². The molecule has 1 aromatic carbocycles. The third kappa shape index (κ3) is 2.34. The van der Waals surface area contributed by atoms with Crippen molar-refractivity contribution in [3.63, 3.8) is 0 Å². The zero-order valence-electron chi connectivity index (χ0n) is 9.81. The molecule has 0 aliphatic heterocycles. The molecule has 0 heterocycles. The Morgan fingerprint density at radius 1 is 1.33 bits per heavy atom. The Bertz CT molecular complexity index is 378. The molecule has 0 saturated heterocycles. The molecule has 2 nitrogen and oxygen atoms in total. The molecule has 0 aliphatic carbocycles. The van der Waals surface area contributed by atoms with Crippen LogP contribution in [-0.2, 0) is 5.60 Å². The minimum atomic E-state index is -0.888. The first-order chi connectivity index (χ1) is 6.79. The average Bonchev–Trinajstić information content (AvgIpc) is 2.08. The number of hydrogen-bond acceptors (Lipinski definition) is 2. The van der Waals surface area contributed by atoms with E-state index in [-0.39, 0.29) is 0 Å². The van der Waals surface area contributed by atoms with E-state index in [1.54, 1.807) is 21.0 Å². The second-order valence-electron chi connectivity index (χ2n) is 4.27. The van der Waals surface area contributed by atoms with Gasteiger partial charge in [-0.05, 0) is 39.3 Å². The highest BCUT2D eigenvalue weighted by Gasteiger charge is 2.25. The van der Waals surface area contributed by atoms with Gasteiger partial charge in [0, 0.05) is 15.6 Å². The predicted molar refractivity (Wildman–Crippen MR) is 65.4 cm³/mol. The summed E-state index contributed by atoms with van der Waals surface area (Å²) in [6.07, 6.45) is 0. The highest BCUT2D eigenvalue weighted by atomic mass is 79.9. The lowest BCUT2D eigenvalue weighted by Crippen LogP contribution is -2.19. The van der Waals surface area contributed by atoms with Gasteiger partial charge >= 0.3 is 0 Å². The summed E-state index contributed by atoms with van der Waals surface area (Å²) in [6, 6.07) is 2.01. The molecule has 0 bridgehead atoms. The molecule has 0 radical (unpaired) electrons. The van der Waals surface area contributed by atoms with Gasteiger partial charge in [-0.25, -0.2) is 0 Å². The van der Waals surface area contributed by atoms with Crippen LogP contribution in [0.5, 0.6) is 5.75 Å². The summed E-state index contributed by atoms with van der Waals surface area (Å²) in [5.41, 5.74) is 2.00. The number of aliphatic hydroxyl groups is 1. The Hall–Kier alpha value is -0.540. The Morgan fingerprint density at radius 2 is 1.87 bits per heavy atom. The van der Waals surface area contributed by atoms with Gasteiger partial charge in [0.05, 0.1) is 12.7 Å². The highest BCUT2D eigenvalue weighted by Crippen LogP contribution is 2.38. The van der Waals surface area contributed by atoms with Crippen LogP contribution in [-0.4, -0.2) is 12.2 Å². The minimum Gasteiger partial charge on any atom is -0.496 e. The van der Waals surface area contributed by atoms with Crippen LogP contribution in [0, 0.1) is 13.8 Å². The summed E-state index contributed by atoms with van der Waals surface area (Å²) in [5.74, 6) is 0.759. The zero-order chi connectivity index (χ0) is 11.8. The summed E-state index contributed by atoms with van der Waals surface area (Å²) in [5, 5.41) is 10.1. The molecule has 0 amide bonds. The maximum atomic E-state index is 10.1. The summed E-state index contributed by atoms with van der Waals surface area (Å²) < 4.78 is 6.38. The van der Waals surface area contributed by atoms with Crippen molar-refractivity contribution < 1.29 is 9.84 Å². The fourth-order valence-electron chi connectivity index (χ4n) is 1.86. The van der Waals surface area contributed by atoms with E-state index in [4.69, 9.17) is 4.74 Å². The molecule has 15 heavy (non-hydrogen) atoms.